The topological polar surface area (TPSA) is 26.7 Å². The maximum absolute atomic E-state index is 9.80. The summed E-state index contributed by atoms with van der Waals surface area (Å²) in [5, 5.41) is 9.80. The van der Waals surface area contributed by atoms with E-state index in [1.807, 2.05) is 13.8 Å². The van der Waals surface area contributed by atoms with E-state index < -0.39 is 5.60 Å². The first-order chi connectivity index (χ1) is 10.3. The summed E-state index contributed by atoms with van der Waals surface area (Å²) in [6.07, 6.45) is 4.41. The molecule has 0 bridgehead atoms. The second-order valence-corrected chi connectivity index (χ2v) is 7.60. The Hall–Kier alpha value is -0.900. The van der Waals surface area contributed by atoms with Crippen molar-refractivity contribution in [3.8, 4) is 0 Å². The number of hydrogen-bond acceptors (Lipinski definition) is 3. The fourth-order valence-corrected chi connectivity index (χ4v) is 3.21. The van der Waals surface area contributed by atoms with Crippen molar-refractivity contribution in [2.24, 2.45) is 0 Å². The summed E-state index contributed by atoms with van der Waals surface area (Å²) in [5.41, 5.74) is 2.10. The maximum Gasteiger partial charge on any atom is 0.0594 e. The lowest BCUT2D eigenvalue weighted by atomic mass is 9.98. The Morgan fingerprint density at radius 1 is 1.23 bits per heavy atom. The number of likely N-dealkylation sites (tertiary alicyclic amines) is 1. The molecule has 3 nitrogen and oxygen atoms in total. The molecule has 0 spiro atoms. The van der Waals surface area contributed by atoms with Crippen molar-refractivity contribution in [3.05, 3.63) is 35.4 Å². The van der Waals surface area contributed by atoms with Crippen molar-refractivity contribution < 1.29 is 5.11 Å². The van der Waals surface area contributed by atoms with Crippen molar-refractivity contribution in [1.82, 2.24) is 9.80 Å². The zero-order valence-electron chi connectivity index (χ0n) is 14.7. The first kappa shape index (κ1) is 17.5. The highest BCUT2D eigenvalue weighted by Crippen LogP contribution is 2.17. The molecule has 1 fully saturated rings. The van der Waals surface area contributed by atoms with Gasteiger partial charge < -0.3 is 14.9 Å². The number of aliphatic hydroxyl groups is 1. The van der Waals surface area contributed by atoms with Gasteiger partial charge in [0, 0.05) is 19.1 Å². The van der Waals surface area contributed by atoms with Gasteiger partial charge in [0.05, 0.1) is 5.60 Å². The monoisotopic (exact) mass is 304 g/mol. The van der Waals surface area contributed by atoms with Crippen LogP contribution in [0.1, 0.15) is 44.2 Å². The van der Waals surface area contributed by atoms with Gasteiger partial charge in [-0.3, -0.25) is 0 Å². The highest BCUT2D eigenvalue weighted by Gasteiger charge is 2.21. The zero-order valence-corrected chi connectivity index (χ0v) is 14.7. The molecule has 124 valence electrons. The molecule has 1 atom stereocenters. The van der Waals surface area contributed by atoms with Crippen LogP contribution in [0.2, 0.25) is 0 Å². The van der Waals surface area contributed by atoms with Gasteiger partial charge in [-0.2, -0.15) is 0 Å². The molecule has 1 saturated heterocycles. The Morgan fingerprint density at radius 3 is 2.41 bits per heavy atom. The van der Waals surface area contributed by atoms with Crippen LogP contribution in [-0.2, 0) is 13.0 Å². The van der Waals surface area contributed by atoms with Crippen molar-refractivity contribution in [2.45, 2.75) is 57.7 Å². The number of rotatable bonds is 7. The molecule has 0 radical (unpaired) electrons. The molecule has 0 saturated carbocycles. The number of nitrogens with zero attached hydrogens (tertiary/aromatic N) is 2. The van der Waals surface area contributed by atoms with E-state index in [4.69, 9.17) is 0 Å². The van der Waals surface area contributed by atoms with Gasteiger partial charge in [0.25, 0.3) is 0 Å². The fourth-order valence-electron chi connectivity index (χ4n) is 3.21. The van der Waals surface area contributed by atoms with Crippen molar-refractivity contribution in [2.75, 3.05) is 27.2 Å². The maximum atomic E-state index is 9.80. The number of benzene rings is 1. The van der Waals surface area contributed by atoms with Crippen LogP contribution in [0.3, 0.4) is 0 Å². The van der Waals surface area contributed by atoms with Gasteiger partial charge in [-0.05, 0) is 71.3 Å². The molecule has 1 aliphatic heterocycles. The van der Waals surface area contributed by atoms with Gasteiger partial charge in [0.15, 0.2) is 0 Å². The van der Waals surface area contributed by atoms with E-state index in [0.717, 1.165) is 32.0 Å². The number of hydrogen-bond donors (Lipinski definition) is 1. The van der Waals surface area contributed by atoms with Crippen molar-refractivity contribution in [3.63, 3.8) is 0 Å². The Kier molecular flexibility index (Phi) is 6.01. The van der Waals surface area contributed by atoms with E-state index in [0.29, 0.717) is 0 Å². The normalized spacial score (nSPS) is 20.0. The van der Waals surface area contributed by atoms with Crippen LogP contribution in [0.15, 0.2) is 24.3 Å². The van der Waals surface area contributed by atoms with Crippen molar-refractivity contribution in [1.29, 1.82) is 0 Å². The third-order valence-electron chi connectivity index (χ3n) is 4.69. The molecule has 0 aromatic heterocycles. The fraction of sp³-hybridized carbons (Fsp3) is 0.684. The number of likely N-dealkylation sites (N-methyl/N-ethyl adjacent to an activating group) is 2. The van der Waals surface area contributed by atoms with Gasteiger partial charge in [-0.15, -0.1) is 0 Å². The van der Waals surface area contributed by atoms with Crippen LogP contribution >= 0.6 is 0 Å². The third kappa shape index (κ3) is 5.71. The van der Waals surface area contributed by atoms with Crippen molar-refractivity contribution >= 4 is 0 Å². The zero-order chi connectivity index (χ0) is 16.2. The smallest absolute Gasteiger partial charge is 0.0594 e. The van der Waals surface area contributed by atoms with Gasteiger partial charge in [0.1, 0.15) is 0 Å². The van der Waals surface area contributed by atoms with Crippen LogP contribution in [0, 0.1) is 0 Å². The van der Waals surface area contributed by atoms with Gasteiger partial charge in [-0.25, -0.2) is 0 Å². The van der Waals surface area contributed by atoms with E-state index in [1.165, 1.54) is 30.5 Å². The lowest BCUT2D eigenvalue weighted by Gasteiger charge is -2.25. The Labute approximate surface area is 135 Å². The molecular weight excluding hydrogens is 272 g/mol. The Morgan fingerprint density at radius 2 is 1.86 bits per heavy atom. The largest absolute Gasteiger partial charge is 0.390 e. The Bertz CT molecular complexity index is 449. The predicted octanol–water partition coefficient (Wildman–Crippen LogP) is 2.92. The molecule has 2 rings (SSSR count). The molecule has 1 heterocycles. The molecule has 22 heavy (non-hydrogen) atoms. The van der Waals surface area contributed by atoms with Crippen LogP contribution in [0.5, 0.6) is 0 Å². The molecule has 3 heteroatoms. The standard InChI is InChI=1S/C19H32N2O/c1-19(2,22)12-11-16-7-9-17(10-8-16)14-20(3)15-18-6-5-13-21(18)4/h7-10,18,22H,5-6,11-15H2,1-4H3. The van der Waals surface area contributed by atoms with E-state index in [-0.39, 0.29) is 0 Å². The van der Waals surface area contributed by atoms with E-state index in [1.54, 1.807) is 0 Å². The summed E-state index contributed by atoms with van der Waals surface area (Å²) < 4.78 is 0. The molecular formula is C19H32N2O. The molecule has 0 aliphatic carbocycles. The molecule has 1 aromatic carbocycles. The van der Waals surface area contributed by atoms with E-state index in [2.05, 4.69) is 48.2 Å². The Balaban J connectivity index is 1.80. The summed E-state index contributed by atoms with van der Waals surface area (Å²) in [5.74, 6) is 0. The summed E-state index contributed by atoms with van der Waals surface area (Å²) in [4.78, 5) is 4.91. The SMILES string of the molecule is CN(Cc1ccc(CCC(C)(C)O)cc1)CC1CCCN1C. The number of aryl methyl sites for hydroxylation is 1. The first-order valence-electron chi connectivity index (χ1n) is 8.52. The van der Waals surface area contributed by atoms with Crippen LogP contribution in [-0.4, -0.2) is 53.7 Å². The summed E-state index contributed by atoms with van der Waals surface area (Å²) >= 11 is 0. The molecule has 1 unspecified atom stereocenters. The second kappa shape index (κ2) is 7.58. The highest BCUT2D eigenvalue weighted by molar-refractivity contribution is 5.22. The quantitative estimate of drug-likeness (QED) is 0.839. The summed E-state index contributed by atoms with van der Waals surface area (Å²) in [6, 6.07) is 9.59. The molecule has 0 amide bonds. The van der Waals surface area contributed by atoms with E-state index in [9.17, 15) is 5.11 Å². The minimum absolute atomic E-state index is 0.577. The average Bonchev–Trinajstić information content (AvgIpc) is 2.82. The lowest BCUT2D eigenvalue weighted by Crippen LogP contribution is -2.36. The van der Waals surface area contributed by atoms with Gasteiger partial charge in [0.2, 0.25) is 0 Å². The first-order valence-corrected chi connectivity index (χ1v) is 8.52. The second-order valence-electron chi connectivity index (χ2n) is 7.60. The third-order valence-corrected chi connectivity index (χ3v) is 4.69. The summed E-state index contributed by atoms with van der Waals surface area (Å²) in [7, 11) is 4.46. The average molecular weight is 304 g/mol. The lowest BCUT2D eigenvalue weighted by molar-refractivity contribution is 0.0714. The van der Waals surface area contributed by atoms with E-state index >= 15 is 0 Å². The van der Waals surface area contributed by atoms with Crippen LogP contribution in [0.25, 0.3) is 0 Å². The minimum atomic E-state index is -0.577. The van der Waals surface area contributed by atoms with Crippen LogP contribution in [0.4, 0.5) is 0 Å². The van der Waals surface area contributed by atoms with Gasteiger partial charge >= 0.3 is 0 Å². The predicted molar refractivity (Wildman–Crippen MR) is 93.0 cm³/mol. The summed E-state index contributed by atoms with van der Waals surface area (Å²) in [6.45, 7) is 7.15. The molecule has 1 N–H and O–H groups in total. The van der Waals surface area contributed by atoms with Crippen LogP contribution < -0.4 is 0 Å². The highest BCUT2D eigenvalue weighted by atomic mass is 16.3. The molecule has 1 aliphatic rings. The minimum Gasteiger partial charge on any atom is -0.390 e. The van der Waals surface area contributed by atoms with Gasteiger partial charge in [-0.1, -0.05) is 24.3 Å². The molecule has 1 aromatic rings.